The number of carbonyl (C=O) groups is 2. The van der Waals surface area contributed by atoms with E-state index < -0.39 is 6.04 Å². The second kappa shape index (κ2) is 10.9. The number of methoxy groups -OCH3 is 1. The largest absolute Gasteiger partial charge is 0.496 e. The van der Waals surface area contributed by atoms with Gasteiger partial charge in [0.1, 0.15) is 22.6 Å². The summed E-state index contributed by atoms with van der Waals surface area (Å²) in [7, 11) is 1.56. The van der Waals surface area contributed by atoms with Crippen LogP contribution in [0.25, 0.3) is 33.6 Å². The number of halogens is 1. The monoisotopic (exact) mass is 567 g/mol. The molecule has 0 bridgehead atoms. The van der Waals surface area contributed by atoms with Crippen molar-refractivity contribution in [1.29, 1.82) is 0 Å². The lowest BCUT2D eigenvalue weighted by Gasteiger charge is -2.24. The van der Waals surface area contributed by atoms with E-state index in [2.05, 4.69) is 15.3 Å². The first-order valence-corrected chi connectivity index (χ1v) is 13.5. The molecule has 1 aliphatic rings. The van der Waals surface area contributed by atoms with Gasteiger partial charge in [0.2, 0.25) is 11.8 Å². The number of aromatic nitrogens is 2. The van der Waals surface area contributed by atoms with Gasteiger partial charge in [0.05, 0.1) is 13.3 Å². The Kier molecular flexibility index (Phi) is 7.03. The zero-order valence-electron chi connectivity index (χ0n) is 22.1. The molecule has 0 aliphatic carbocycles. The first-order chi connectivity index (χ1) is 19.9. The Balaban J connectivity index is 1.18. The van der Waals surface area contributed by atoms with Gasteiger partial charge in [-0.2, -0.15) is 0 Å². The number of fused-ring (bicyclic) bond motifs is 1. The molecule has 1 saturated heterocycles. The predicted octanol–water partition coefficient (Wildman–Crippen LogP) is 6.04. The number of benzene rings is 3. The Labute approximate surface area is 240 Å². The zero-order chi connectivity index (χ0) is 28.5. The van der Waals surface area contributed by atoms with Crippen LogP contribution >= 0.6 is 11.6 Å². The van der Waals surface area contributed by atoms with E-state index in [0.29, 0.717) is 58.9 Å². The van der Waals surface area contributed by atoms with Crippen molar-refractivity contribution in [2.24, 2.45) is 0 Å². The molecule has 2 amide bonds. The minimum atomic E-state index is -0.639. The molecule has 3 aromatic carbocycles. The number of hydrogen-bond donors (Lipinski definition) is 2. The van der Waals surface area contributed by atoms with Gasteiger partial charge < -0.3 is 25.1 Å². The quantitative estimate of drug-likeness (QED) is 0.189. The average Bonchev–Trinajstić information content (AvgIpc) is 3.68. The summed E-state index contributed by atoms with van der Waals surface area (Å²) in [5.74, 6) is 1.06. The van der Waals surface area contributed by atoms with Crippen LogP contribution in [0.15, 0.2) is 83.4 Å². The van der Waals surface area contributed by atoms with Crippen LogP contribution in [0.5, 0.6) is 5.75 Å². The fraction of sp³-hybridized carbons (Fsp3) is 0.161. The second-order valence-corrected chi connectivity index (χ2v) is 10.1. The van der Waals surface area contributed by atoms with Crippen LogP contribution in [0.4, 0.5) is 11.4 Å². The summed E-state index contributed by atoms with van der Waals surface area (Å²) in [5, 5.41) is 4.43. The molecule has 1 fully saturated rings. The molecular weight excluding hydrogens is 542 g/mol. The number of likely N-dealkylation sites (tertiary alicyclic amines) is 1. The molecule has 41 heavy (non-hydrogen) atoms. The number of oxazole rings is 1. The van der Waals surface area contributed by atoms with E-state index >= 15 is 0 Å². The summed E-state index contributed by atoms with van der Waals surface area (Å²) in [6.45, 7) is 0.442. The maximum Gasteiger partial charge on any atom is 0.273 e. The van der Waals surface area contributed by atoms with Crippen molar-refractivity contribution in [2.75, 3.05) is 24.7 Å². The average molecular weight is 568 g/mol. The molecule has 1 atom stereocenters. The summed E-state index contributed by atoms with van der Waals surface area (Å²) in [6, 6.07) is 21.0. The Bertz CT molecular complexity index is 1750. The van der Waals surface area contributed by atoms with Crippen molar-refractivity contribution in [2.45, 2.75) is 18.9 Å². The lowest BCUT2D eigenvalue weighted by Crippen LogP contribution is -2.43. The summed E-state index contributed by atoms with van der Waals surface area (Å²) in [6.07, 6.45) is 2.90. The standard InChI is InChI=1S/C31H26ClN5O4/c1-40-25-6-2-4-22-23(25)16-27(32)36-28(22)31(39)37-15-3-5-24(37)29(38)35-21-13-9-18(10-14-21)26-17-34-30(41-26)19-7-11-20(33)12-8-19/h2,4,6-14,16-17,24H,3,5,15,33H2,1H3,(H,35,38)/t24-/m0/s1. The van der Waals surface area contributed by atoms with Crippen molar-refractivity contribution in [3.8, 4) is 28.5 Å². The summed E-state index contributed by atoms with van der Waals surface area (Å²) in [5.41, 5.74) is 8.86. The van der Waals surface area contributed by atoms with Gasteiger partial charge in [0.25, 0.3) is 5.91 Å². The minimum Gasteiger partial charge on any atom is -0.496 e. The van der Waals surface area contributed by atoms with Crippen LogP contribution in [0.2, 0.25) is 5.15 Å². The van der Waals surface area contributed by atoms with E-state index in [-0.39, 0.29) is 22.7 Å². The highest BCUT2D eigenvalue weighted by Gasteiger charge is 2.36. The first kappa shape index (κ1) is 26.3. The van der Waals surface area contributed by atoms with Crippen molar-refractivity contribution < 1.29 is 18.7 Å². The molecule has 3 N–H and O–H groups in total. The molecular formula is C31H26ClN5O4. The molecule has 10 heteroatoms. The van der Waals surface area contributed by atoms with Gasteiger partial charge in [-0.25, -0.2) is 9.97 Å². The molecule has 5 aromatic rings. The van der Waals surface area contributed by atoms with E-state index in [1.165, 1.54) is 0 Å². The molecule has 3 heterocycles. The highest BCUT2D eigenvalue weighted by atomic mass is 35.5. The molecule has 2 aromatic heterocycles. The van der Waals surface area contributed by atoms with E-state index in [0.717, 1.165) is 11.1 Å². The number of nitrogens with two attached hydrogens (primary N) is 1. The number of nitrogens with one attached hydrogen (secondary N) is 1. The Morgan fingerprint density at radius 3 is 2.56 bits per heavy atom. The maximum atomic E-state index is 13.7. The Morgan fingerprint density at radius 2 is 1.80 bits per heavy atom. The molecule has 0 radical (unpaired) electrons. The topological polar surface area (TPSA) is 124 Å². The highest BCUT2D eigenvalue weighted by molar-refractivity contribution is 6.30. The van der Waals surface area contributed by atoms with Crippen molar-refractivity contribution in [3.05, 3.63) is 89.8 Å². The van der Waals surface area contributed by atoms with Crippen molar-refractivity contribution in [1.82, 2.24) is 14.9 Å². The molecule has 206 valence electrons. The molecule has 6 rings (SSSR count). The lowest BCUT2D eigenvalue weighted by atomic mass is 10.1. The van der Waals surface area contributed by atoms with E-state index in [1.807, 2.05) is 24.3 Å². The molecule has 0 saturated carbocycles. The summed E-state index contributed by atoms with van der Waals surface area (Å²) < 4.78 is 11.4. The highest BCUT2D eigenvalue weighted by Crippen LogP contribution is 2.32. The molecule has 9 nitrogen and oxygen atoms in total. The van der Waals surface area contributed by atoms with E-state index in [1.54, 1.807) is 66.7 Å². The number of rotatable bonds is 6. The predicted molar refractivity (Wildman–Crippen MR) is 158 cm³/mol. The van der Waals surface area contributed by atoms with E-state index in [9.17, 15) is 9.59 Å². The van der Waals surface area contributed by atoms with Crippen LogP contribution in [0.1, 0.15) is 23.3 Å². The Morgan fingerprint density at radius 1 is 1.05 bits per heavy atom. The third kappa shape index (κ3) is 5.19. The summed E-state index contributed by atoms with van der Waals surface area (Å²) >= 11 is 6.27. The minimum absolute atomic E-state index is 0.179. The molecule has 0 spiro atoms. The van der Waals surface area contributed by atoms with Crippen LogP contribution in [0, 0.1) is 0 Å². The normalized spacial score (nSPS) is 14.8. The van der Waals surface area contributed by atoms with Crippen LogP contribution < -0.4 is 15.8 Å². The van der Waals surface area contributed by atoms with Gasteiger partial charge >= 0.3 is 0 Å². The number of amides is 2. The van der Waals surface area contributed by atoms with Gasteiger partial charge in [-0.05, 0) is 73.5 Å². The van der Waals surface area contributed by atoms with Crippen molar-refractivity contribution >= 4 is 45.6 Å². The lowest BCUT2D eigenvalue weighted by molar-refractivity contribution is -0.119. The van der Waals surface area contributed by atoms with Crippen LogP contribution in [-0.4, -0.2) is 46.4 Å². The van der Waals surface area contributed by atoms with Crippen LogP contribution in [-0.2, 0) is 4.79 Å². The zero-order valence-corrected chi connectivity index (χ0v) is 22.9. The van der Waals surface area contributed by atoms with Gasteiger partial charge in [-0.15, -0.1) is 0 Å². The maximum absolute atomic E-state index is 13.7. The number of carbonyl (C=O) groups excluding carboxylic acids is 2. The van der Waals surface area contributed by atoms with Gasteiger partial charge in [-0.3, -0.25) is 9.59 Å². The SMILES string of the molecule is COc1cccc2c(C(=O)N3CCC[C@H]3C(=O)Nc3ccc(-c4cnc(-c5ccc(N)cc5)o4)cc3)nc(Cl)cc12. The van der Waals surface area contributed by atoms with Crippen LogP contribution in [0.3, 0.4) is 0 Å². The van der Waals surface area contributed by atoms with Gasteiger partial charge in [0, 0.05) is 39.8 Å². The fourth-order valence-electron chi connectivity index (χ4n) is 5.09. The number of ether oxygens (including phenoxy) is 1. The third-order valence-corrected chi connectivity index (χ3v) is 7.34. The van der Waals surface area contributed by atoms with E-state index in [4.69, 9.17) is 26.5 Å². The van der Waals surface area contributed by atoms with Gasteiger partial charge in [0.15, 0.2) is 5.76 Å². The first-order valence-electron chi connectivity index (χ1n) is 13.1. The molecule has 1 aliphatic heterocycles. The number of hydrogen-bond acceptors (Lipinski definition) is 7. The molecule has 0 unspecified atom stereocenters. The Hall–Kier alpha value is -4.89. The number of anilines is 2. The summed E-state index contributed by atoms with van der Waals surface area (Å²) in [4.78, 5) is 37.2. The third-order valence-electron chi connectivity index (χ3n) is 7.14. The fourth-order valence-corrected chi connectivity index (χ4v) is 5.28. The number of nitrogens with zero attached hydrogens (tertiary/aromatic N) is 3. The number of nitrogen functional groups attached to an aromatic ring is 1. The van der Waals surface area contributed by atoms with Crippen molar-refractivity contribution in [3.63, 3.8) is 0 Å². The number of pyridine rings is 1. The second-order valence-electron chi connectivity index (χ2n) is 9.72. The smallest absolute Gasteiger partial charge is 0.273 e. The van der Waals surface area contributed by atoms with Gasteiger partial charge in [-0.1, -0.05) is 23.7 Å².